The number of benzene rings is 1. The summed E-state index contributed by atoms with van der Waals surface area (Å²) in [5.74, 6) is 0.981. The van der Waals surface area contributed by atoms with E-state index < -0.39 is 0 Å². The normalized spacial score (nSPS) is 27.6. The van der Waals surface area contributed by atoms with E-state index in [1.54, 1.807) is 0 Å². The Balaban J connectivity index is 2.11. The van der Waals surface area contributed by atoms with Crippen LogP contribution < -0.4 is 0 Å². The van der Waals surface area contributed by atoms with Crippen LogP contribution in [0.3, 0.4) is 0 Å². The Bertz CT molecular complexity index is 328. The van der Waals surface area contributed by atoms with E-state index in [0.717, 1.165) is 18.4 Å². The summed E-state index contributed by atoms with van der Waals surface area (Å²) in [4.78, 5) is 0. The highest BCUT2D eigenvalue weighted by molar-refractivity contribution is 5.19. The van der Waals surface area contributed by atoms with Gasteiger partial charge in [-0.1, -0.05) is 49.4 Å². The van der Waals surface area contributed by atoms with E-state index in [1.807, 2.05) is 30.3 Å². The van der Waals surface area contributed by atoms with Crippen molar-refractivity contribution in [2.24, 2.45) is 11.8 Å². The van der Waals surface area contributed by atoms with E-state index in [2.05, 4.69) is 19.1 Å². The SMILES string of the molecule is C[C@H]1CC=C[C@H]([C@@H](O)c2ccccc2)C1. The maximum Gasteiger partial charge on any atom is 0.0852 e. The van der Waals surface area contributed by atoms with E-state index in [9.17, 15) is 5.11 Å². The van der Waals surface area contributed by atoms with Gasteiger partial charge < -0.3 is 5.11 Å². The number of aliphatic hydroxyl groups is 1. The van der Waals surface area contributed by atoms with Gasteiger partial charge in [-0.05, 0) is 24.3 Å². The fourth-order valence-corrected chi connectivity index (χ4v) is 2.26. The van der Waals surface area contributed by atoms with Crippen molar-refractivity contribution >= 4 is 0 Å². The Kier molecular flexibility index (Phi) is 3.22. The van der Waals surface area contributed by atoms with Gasteiger partial charge in [-0.3, -0.25) is 0 Å². The highest BCUT2D eigenvalue weighted by Gasteiger charge is 2.22. The predicted molar refractivity (Wildman–Crippen MR) is 62.4 cm³/mol. The summed E-state index contributed by atoms with van der Waals surface area (Å²) in [6.45, 7) is 2.24. The van der Waals surface area contributed by atoms with E-state index in [0.29, 0.717) is 5.92 Å². The van der Waals surface area contributed by atoms with Gasteiger partial charge in [-0.15, -0.1) is 0 Å². The number of allylic oxidation sites excluding steroid dienone is 1. The second-order valence-electron chi connectivity index (χ2n) is 4.52. The molecule has 80 valence electrons. The number of aliphatic hydroxyl groups excluding tert-OH is 1. The lowest BCUT2D eigenvalue weighted by Gasteiger charge is -2.26. The van der Waals surface area contributed by atoms with Crippen molar-refractivity contribution in [1.82, 2.24) is 0 Å². The Labute approximate surface area is 91.4 Å². The van der Waals surface area contributed by atoms with Crippen LogP contribution in [-0.4, -0.2) is 5.11 Å². The first-order chi connectivity index (χ1) is 7.27. The summed E-state index contributed by atoms with van der Waals surface area (Å²) >= 11 is 0. The highest BCUT2D eigenvalue weighted by atomic mass is 16.3. The minimum absolute atomic E-state index is 0.288. The molecule has 0 spiro atoms. The summed E-state index contributed by atoms with van der Waals surface area (Å²) in [7, 11) is 0. The van der Waals surface area contributed by atoms with Gasteiger partial charge >= 0.3 is 0 Å². The van der Waals surface area contributed by atoms with Crippen molar-refractivity contribution in [3.05, 3.63) is 48.0 Å². The van der Waals surface area contributed by atoms with Crippen molar-refractivity contribution in [2.75, 3.05) is 0 Å². The molecular weight excluding hydrogens is 184 g/mol. The molecule has 0 bridgehead atoms. The molecule has 1 nitrogen and oxygen atoms in total. The molecule has 1 aliphatic carbocycles. The Hall–Kier alpha value is -1.08. The quantitative estimate of drug-likeness (QED) is 0.729. The lowest BCUT2D eigenvalue weighted by molar-refractivity contribution is 0.115. The first-order valence-electron chi connectivity index (χ1n) is 5.67. The van der Waals surface area contributed by atoms with Crippen LogP contribution in [-0.2, 0) is 0 Å². The smallest absolute Gasteiger partial charge is 0.0852 e. The van der Waals surface area contributed by atoms with Gasteiger partial charge in [0.15, 0.2) is 0 Å². The molecule has 0 radical (unpaired) electrons. The Morgan fingerprint density at radius 2 is 2.00 bits per heavy atom. The van der Waals surface area contributed by atoms with Crippen LogP contribution in [0.25, 0.3) is 0 Å². The monoisotopic (exact) mass is 202 g/mol. The predicted octanol–water partition coefficient (Wildman–Crippen LogP) is 3.32. The minimum atomic E-state index is -0.342. The van der Waals surface area contributed by atoms with Crippen LogP contribution in [0, 0.1) is 11.8 Å². The van der Waals surface area contributed by atoms with Crippen LogP contribution in [0.5, 0.6) is 0 Å². The molecule has 0 saturated heterocycles. The molecule has 2 rings (SSSR count). The molecule has 1 aromatic rings. The van der Waals surface area contributed by atoms with Crippen molar-refractivity contribution in [2.45, 2.75) is 25.9 Å². The first kappa shape index (κ1) is 10.4. The standard InChI is InChI=1S/C14H18O/c1-11-6-5-9-13(10-11)14(15)12-7-3-2-4-8-12/h2-5,7-9,11,13-15H,6,10H2,1H3/t11-,13-,14-/m0/s1. The summed E-state index contributed by atoms with van der Waals surface area (Å²) in [5.41, 5.74) is 1.03. The third kappa shape index (κ3) is 2.48. The topological polar surface area (TPSA) is 20.2 Å². The molecule has 0 saturated carbocycles. The fraction of sp³-hybridized carbons (Fsp3) is 0.429. The summed E-state index contributed by atoms with van der Waals surface area (Å²) in [6.07, 6.45) is 6.26. The second kappa shape index (κ2) is 4.63. The third-order valence-electron chi connectivity index (χ3n) is 3.14. The van der Waals surface area contributed by atoms with Crippen LogP contribution in [0.1, 0.15) is 31.4 Å². The van der Waals surface area contributed by atoms with Gasteiger partial charge in [0.1, 0.15) is 0 Å². The maximum atomic E-state index is 10.2. The van der Waals surface area contributed by atoms with Crippen LogP contribution in [0.15, 0.2) is 42.5 Å². The number of rotatable bonds is 2. The molecule has 3 atom stereocenters. The number of hydrogen-bond acceptors (Lipinski definition) is 1. The zero-order valence-electron chi connectivity index (χ0n) is 9.13. The van der Waals surface area contributed by atoms with Crippen LogP contribution in [0.2, 0.25) is 0 Å². The Morgan fingerprint density at radius 1 is 1.27 bits per heavy atom. The van der Waals surface area contributed by atoms with Crippen LogP contribution in [0.4, 0.5) is 0 Å². The van der Waals surface area contributed by atoms with Gasteiger partial charge in [0.05, 0.1) is 6.10 Å². The van der Waals surface area contributed by atoms with Gasteiger partial charge in [-0.25, -0.2) is 0 Å². The molecular formula is C14H18O. The fourth-order valence-electron chi connectivity index (χ4n) is 2.26. The molecule has 1 N–H and O–H groups in total. The lowest BCUT2D eigenvalue weighted by atomic mass is 9.82. The van der Waals surface area contributed by atoms with E-state index in [1.165, 1.54) is 0 Å². The summed E-state index contributed by atoms with van der Waals surface area (Å²) in [6, 6.07) is 9.94. The van der Waals surface area contributed by atoms with Crippen molar-refractivity contribution < 1.29 is 5.11 Å². The van der Waals surface area contributed by atoms with Crippen molar-refractivity contribution in [3.8, 4) is 0 Å². The summed E-state index contributed by atoms with van der Waals surface area (Å²) < 4.78 is 0. The summed E-state index contributed by atoms with van der Waals surface area (Å²) in [5, 5.41) is 10.2. The van der Waals surface area contributed by atoms with Gasteiger partial charge in [0.2, 0.25) is 0 Å². The zero-order valence-corrected chi connectivity index (χ0v) is 9.13. The van der Waals surface area contributed by atoms with E-state index in [-0.39, 0.29) is 12.0 Å². The molecule has 0 aliphatic heterocycles. The first-order valence-corrected chi connectivity index (χ1v) is 5.67. The molecule has 1 aromatic carbocycles. The molecule has 1 heteroatoms. The maximum absolute atomic E-state index is 10.2. The molecule has 0 aromatic heterocycles. The molecule has 0 amide bonds. The number of hydrogen-bond donors (Lipinski definition) is 1. The third-order valence-corrected chi connectivity index (χ3v) is 3.14. The highest BCUT2D eigenvalue weighted by Crippen LogP contribution is 2.32. The second-order valence-corrected chi connectivity index (χ2v) is 4.52. The zero-order chi connectivity index (χ0) is 10.7. The van der Waals surface area contributed by atoms with Crippen molar-refractivity contribution in [3.63, 3.8) is 0 Å². The van der Waals surface area contributed by atoms with E-state index >= 15 is 0 Å². The molecule has 0 fully saturated rings. The molecule has 1 aliphatic rings. The largest absolute Gasteiger partial charge is 0.388 e. The molecule has 0 heterocycles. The average molecular weight is 202 g/mol. The molecule has 0 unspecified atom stereocenters. The molecule has 15 heavy (non-hydrogen) atoms. The van der Waals surface area contributed by atoms with Crippen LogP contribution >= 0.6 is 0 Å². The lowest BCUT2D eigenvalue weighted by Crippen LogP contribution is -2.16. The Morgan fingerprint density at radius 3 is 2.67 bits per heavy atom. The minimum Gasteiger partial charge on any atom is -0.388 e. The van der Waals surface area contributed by atoms with Gasteiger partial charge in [0, 0.05) is 5.92 Å². The van der Waals surface area contributed by atoms with Gasteiger partial charge in [0.25, 0.3) is 0 Å². The van der Waals surface area contributed by atoms with E-state index in [4.69, 9.17) is 0 Å². The average Bonchev–Trinajstić information content (AvgIpc) is 2.29. The van der Waals surface area contributed by atoms with Crippen molar-refractivity contribution in [1.29, 1.82) is 0 Å². The van der Waals surface area contributed by atoms with Gasteiger partial charge in [-0.2, -0.15) is 0 Å².